The molecule has 0 unspecified atom stereocenters. The van der Waals surface area contributed by atoms with Crippen LogP contribution in [0.3, 0.4) is 0 Å². The van der Waals surface area contributed by atoms with Crippen molar-refractivity contribution in [1.82, 2.24) is 4.98 Å². The van der Waals surface area contributed by atoms with E-state index in [1.807, 2.05) is 49.4 Å². The Morgan fingerprint density at radius 2 is 1.78 bits per heavy atom. The van der Waals surface area contributed by atoms with Crippen molar-refractivity contribution in [3.63, 3.8) is 0 Å². The molecule has 7 nitrogen and oxygen atoms in total. The molecule has 0 spiro atoms. The zero-order valence-electron chi connectivity index (χ0n) is 20.6. The number of benzene rings is 3. The Kier molecular flexibility index (Phi) is 7.00. The Labute approximate surface area is 211 Å². The number of nitrogens with zero attached hydrogens (tertiary/aromatic N) is 2. The second kappa shape index (κ2) is 10.7. The van der Waals surface area contributed by atoms with Gasteiger partial charge in [0, 0.05) is 35.4 Å². The maximum absolute atomic E-state index is 12.8. The van der Waals surface area contributed by atoms with E-state index in [1.54, 1.807) is 0 Å². The van der Waals surface area contributed by atoms with Crippen molar-refractivity contribution >= 4 is 34.0 Å². The molecule has 2 N–H and O–H groups in total. The van der Waals surface area contributed by atoms with Gasteiger partial charge in [-0.15, -0.1) is 0 Å². The standard InChI is InChI=1S/C29H30N4O3/c1-3-36-28-7-5-4-6-25(28)32-29(34)30-22-12-13-24-23(18-22)27(33-14-16-35-17-15-33)19-26(31-24)21-10-8-20(2)9-11-21/h4-13,18-19H,3,14-17H2,1-2H3,(H2,30,32,34). The van der Waals surface area contributed by atoms with Crippen molar-refractivity contribution in [2.75, 3.05) is 48.4 Å². The van der Waals surface area contributed by atoms with Gasteiger partial charge in [-0.25, -0.2) is 9.78 Å². The third kappa shape index (κ3) is 5.26. The number of para-hydroxylation sites is 2. The van der Waals surface area contributed by atoms with Gasteiger partial charge < -0.3 is 25.0 Å². The molecular weight excluding hydrogens is 452 g/mol. The van der Waals surface area contributed by atoms with Gasteiger partial charge in [0.25, 0.3) is 0 Å². The fraction of sp³-hybridized carbons (Fsp3) is 0.241. The molecule has 1 aromatic heterocycles. The summed E-state index contributed by atoms with van der Waals surface area (Å²) in [5.41, 5.74) is 6.49. The van der Waals surface area contributed by atoms with Crippen molar-refractivity contribution in [3.8, 4) is 17.0 Å². The zero-order chi connectivity index (χ0) is 24.9. The third-order valence-electron chi connectivity index (χ3n) is 6.18. The smallest absolute Gasteiger partial charge is 0.323 e. The molecule has 0 radical (unpaired) electrons. The molecule has 1 saturated heterocycles. The van der Waals surface area contributed by atoms with E-state index in [1.165, 1.54) is 5.56 Å². The molecule has 5 rings (SSSR count). The van der Waals surface area contributed by atoms with Crippen molar-refractivity contribution in [2.45, 2.75) is 13.8 Å². The second-order valence-corrected chi connectivity index (χ2v) is 8.73. The molecular formula is C29H30N4O3. The van der Waals surface area contributed by atoms with E-state index in [4.69, 9.17) is 14.5 Å². The summed E-state index contributed by atoms with van der Waals surface area (Å²) < 4.78 is 11.2. The van der Waals surface area contributed by atoms with Gasteiger partial charge in [-0.1, -0.05) is 42.0 Å². The van der Waals surface area contributed by atoms with Crippen LogP contribution in [0.4, 0.5) is 21.9 Å². The second-order valence-electron chi connectivity index (χ2n) is 8.73. The van der Waals surface area contributed by atoms with Crippen LogP contribution in [0.15, 0.2) is 72.8 Å². The molecule has 2 heterocycles. The van der Waals surface area contributed by atoms with E-state index in [-0.39, 0.29) is 6.03 Å². The average molecular weight is 483 g/mol. The Balaban J connectivity index is 1.46. The van der Waals surface area contributed by atoms with Crippen LogP contribution in [-0.2, 0) is 4.74 Å². The molecule has 4 aromatic rings. The summed E-state index contributed by atoms with van der Waals surface area (Å²) in [5, 5.41) is 6.83. The number of nitrogens with one attached hydrogen (secondary N) is 2. The fourth-order valence-electron chi connectivity index (χ4n) is 4.36. The first kappa shape index (κ1) is 23.6. The number of urea groups is 1. The van der Waals surface area contributed by atoms with E-state index in [0.717, 1.165) is 40.9 Å². The Hall–Kier alpha value is -4.10. The molecule has 0 bridgehead atoms. The first-order chi connectivity index (χ1) is 17.6. The first-order valence-corrected chi connectivity index (χ1v) is 12.2. The minimum atomic E-state index is -0.335. The van der Waals surface area contributed by atoms with Crippen LogP contribution in [0.5, 0.6) is 5.75 Å². The molecule has 184 valence electrons. The zero-order valence-corrected chi connectivity index (χ0v) is 20.6. The topological polar surface area (TPSA) is 75.7 Å². The number of carbonyl (C=O) groups is 1. The summed E-state index contributed by atoms with van der Waals surface area (Å²) in [7, 11) is 0. The lowest BCUT2D eigenvalue weighted by Crippen LogP contribution is -2.36. The molecule has 7 heteroatoms. The molecule has 3 aromatic carbocycles. The summed E-state index contributed by atoms with van der Waals surface area (Å²) in [6, 6.07) is 23.4. The number of rotatable bonds is 6. The number of carbonyl (C=O) groups excluding carboxylic acids is 1. The number of fused-ring (bicyclic) bond motifs is 1. The number of aryl methyl sites for hydroxylation is 1. The van der Waals surface area contributed by atoms with Gasteiger partial charge in [-0.3, -0.25) is 0 Å². The highest BCUT2D eigenvalue weighted by Gasteiger charge is 2.17. The SMILES string of the molecule is CCOc1ccccc1NC(=O)Nc1ccc2nc(-c3ccc(C)cc3)cc(N3CCOCC3)c2c1. The maximum atomic E-state index is 12.8. The molecule has 2 amide bonds. The molecule has 0 aliphatic carbocycles. The highest BCUT2D eigenvalue weighted by atomic mass is 16.5. The fourth-order valence-corrected chi connectivity index (χ4v) is 4.36. The van der Waals surface area contributed by atoms with Crippen LogP contribution in [0.25, 0.3) is 22.2 Å². The highest BCUT2D eigenvalue weighted by Crippen LogP contribution is 2.33. The first-order valence-electron chi connectivity index (χ1n) is 12.2. The lowest BCUT2D eigenvalue weighted by atomic mass is 10.0. The number of hydrogen-bond acceptors (Lipinski definition) is 5. The van der Waals surface area contributed by atoms with Gasteiger partial charge in [0.1, 0.15) is 5.75 Å². The molecule has 0 saturated carbocycles. The Morgan fingerprint density at radius 3 is 2.56 bits per heavy atom. The van der Waals surface area contributed by atoms with Crippen molar-refractivity contribution in [1.29, 1.82) is 0 Å². The predicted molar refractivity (Wildman–Crippen MR) is 145 cm³/mol. The van der Waals surface area contributed by atoms with Gasteiger partial charge in [0.2, 0.25) is 0 Å². The monoisotopic (exact) mass is 482 g/mol. The van der Waals surface area contributed by atoms with E-state index in [9.17, 15) is 4.79 Å². The number of aromatic nitrogens is 1. The van der Waals surface area contributed by atoms with Crippen molar-refractivity contribution in [2.24, 2.45) is 0 Å². The lowest BCUT2D eigenvalue weighted by Gasteiger charge is -2.30. The van der Waals surface area contributed by atoms with Crippen LogP contribution in [0.1, 0.15) is 12.5 Å². The number of hydrogen-bond donors (Lipinski definition) is 2. The molecule has 36 heavy (non-hydrogen) atoms. The van der Waals surface area contributed by atoms with Crippen LogP contribution in [0.2, 0.25) is 0 Å². The quantitative estimate of drug-likeness (QED) is 0.348. The Morgan fingerprint density at radius 1 is 1.00 bits per heavy atom. The largest absolute Gasteiger partial charge is 0.492 e. The summed E-state index contributed by atoms with van der Waals surface area (Å²) in [6.45, 7) is 7.49. The van der Waals surface area contributed by atoms with Crippen LogP contribution >= 0.6 is 0 Å². The number of pyridine rings is 1. The molecule has 1 fully saturated rings. The highest BCUT2D eigenvalue weighted by molar-refractivity contribution is 6.03. The lowest BCUT2D eigenvalue weighted by molar-refractivity contribution is 0.123. The van der Waals surface area contributed by atoms with E-state index >= 15 is 0 Å². The van der Waals surface area contributed by atoms with Crippen LogP contribution in [-0.4, -0.2) is 43.9 Å². The van der Waals surface area contributed by atoms with Gasteiger partial charge in [-0.2, -0.15) is 0 Å². The maximum Gasteiger partial charge on any atom is 0.323 e. The minimum absolute atomic E-state index is 0.335. The Bertz CT molecular complexity index is 1370. The van der Waals surface area contributed by atoms with Gasteiger partial charge in [0.05, 0.1) is 36.7 Å². The number of anilines is 3. The van der Waals surface area contributed by atoms with Gasteiger partial charge in [-0.05, 0) is 50.2 Å². The van der Waals surface area contributed by atoms with Gasteiger partial charge in [0.15, 0.2) is 0 Å². The van der Waals surface area contributed by atoms with Crippen LogP contribution < -0.4 is 20.3 Å². The average Bonchev–Trinajstić information content (AvgIpc) is 2.90. The van der Waals surface area contributed by atoms with Crippen molar-refractivity contribution < 1.29 is 14.3 Å². The van der Waals surface area contributed by atoms with Crippen LogP contribution in [0, 0.1) is 6.92 Å². The molecule has 1 aliphatic heterocycles. The molecule has 0 atom stereocenters. The van der Waals surface area contributed by atoms with E-state index in [2.05, 4.69) is 52.8 Å². The van der Waals surface area contributed by atoms with E-state index < -0.39 is 0 Å². The minimum Gasteiger partial charge on any atom is -0.492 e. The summed E-state index contributed by atoms with van der Waals surface area (Å²) in [4.78, 5) is 20.1. The van der Waals surface area contributed by atoms with Crippen molar-refractivity contribution in [3.05, 3.63) is 78.4 Å². The number of ether oxygens (including phenoxy) is 2. The summed E-state index contributed by atoms with van der Waals surface area (Å²) in [5.74, 6) is 0.635. The number of morpholine rings is 1. The van der Waals surface area contributed by atoms with Gasteiger partial charge >= 0.3 is 6.03 Å². The predicted octanol–water partition coefficient (Wildman–Crippen LogP) is 6.09. The van der Waals surface area contributed by atoms with E-state index in [0.29, 0.717) is 36.9 Å². The third-order valence-corrected chi connectivity index (χ3v) is 6.18. The molecule has 1 aliphatic rings. The number of amides is 2. The summed E-state index contributed by atoms with van der Waals surface area (Å²) >= 11 is 0. The normalized spacial score (nSPS) is 13.4. The summed E-state index contributed by atoms with van der Waals surface area (Å²) in [6.07, 6.45) is 0.